The van der Waals surface area contributed by atoms with E-state index in [0.29, 0.717) is 17.8 Å². The van der Waals surface area contributed by atoms with Crippen molar-refractivity contribution in [3.63, 3.8) is 0 Å². The van der Waals surface area contributed by atoms with Gasteiger partial charge in [-0.2, -0.15) is 5.26 Å². The second-order valence-corrected chi connectivity index (χ2v) is 6.18. The Morgan fingerprint density at radius 2 is 2.04 bits per heavy atom. The lowest BCUT2D eigenvalue weighted by molar-refractivity contribution is -0.112. The molecule has 2 unspecified atom stereocenters. The van der Waals surface area contributed by atoms with E-state index in [1.54, 1.807) is 25.3 Å². The SMILES string of the molecule is Cc1cc(O)ccc1NC(=O)/C(C#N)=C\N1C(C)CCCC1C. The standard InChI is InChI=1S/C18H23N3O2/c1-12-9-16(22)7-8-17(12)20-18(23)15(10-19)11-21-13(2)5-4-6-14(21)3/h7-9,11,13-14,22H,4-6H2,1-3H3,(H,20,23)/b15-11-. The monoisotopic (exact) mass is 313 g/mol. The number of likely N-dealkylation sites (tertiary alicyclic amines) is 1. The maximum absolute atomic E-state index is 12.4. The summed E-state index contributed by atoms with van der Waals surface area (Å²) in [4.78, 5) is 14.5. The first-order chi connectivity index (χ1) is 10.9. The fourth-order valence-electron chi connectivity index (χ4n) is 2.96. The summed E-state index contributed by atoms with van der Waals surface area (Å²) in [6.45, 7) is 6.02. The summed E-state index contributed by atoms with van der Waals surface area (Å²) in [5.41, 5.74) is 1.43. The fraction of sp³-hybridized carbons (Fsp3) is 0.444. The Morgan fingerprint density at radius 3 is 2.61 bits per heavy atom. The number of phenolic OH excluding ortho intramolecular Hbond substituents is 1. The molecule has 122 valence electrons. The number of aromatic hydroxyl groups is 1. The average molecular weight is 313 g/mol. The van der Waals surface area contributed by atoms with Gasteiger partial charge in [0, 0.05) is 24.0 Å². The van der Waals surface area contributed by atoms with Crippen molar-refractivity contribution in [2.45, 2.75) is 52.1 Å². The molecular formula is C18H23N3O2. The molecule has 1 saturated heterocycles. The lowest BCUT2D eigenvalue weighted by Crippen LogP contribution is -2.40. The molecule has 1 heterocycles. The second kappa shape index (κ2) is 7.19. The van der Waals surface area contributed by atoms with Crippen molar-refractivity contribution in [3.8, 4) is 11.8 Å². The van der Waals surface area contributed by atoms with Gasteiger partial charge in [0.1, 0.15) is 17.4 Å². The van der Waals surface area contributed by atoms with Crippen LogP contribution >= 0.6 is 0 Å². The van der Waals surface area contributed by atoms with Crippen LogP contribution in [0.1, 0.15) is 38.7 Å². The third-order valence-corrected chi connectivity index (χ3v) is 4.36. The normalized spacial score (nSPS) is 21.7. The van der Waals surface area contributed by atoms with Crippen LogP contribution in [0.15, 0.2) is 30.0 Å². The number of carbonyl (C=O) groups excluding carboxylic acids is 1. The number of amides is 1. The molecule has 23 heavy (non-hydrogen) atoms. The van der Waals surface area contributed by atoms with Crippen LogP contribution in [0.2, 0.25) is 0 Å². The van der Waals surface area contributed by atoms with E-state index in [0.717, 1.165) is 18.4 Å². The van der Waals surface area contributed by atoms with Crippen LogP contribution in [0.25, 0.3) is 0 Å². The molecule has 1 aliphatic heterocycles. The van der Waals surface area contributed by atoms with Crippen molar-refractivity contribution < 1.29 is 9.90 Å². The van der Waals surface area contributed by atoms with E-state index >= 15 is 0 Å². The Bertz CT molecular complexity index is 651. The summed E-state index contributed by atoms with van der Waals surface area (Å²) in [7, 11) is 0. The molecule has 2 atom stereocenters. The molecule has 0 aliphatic carbocycles. The lowest BCUT2D eigenvalue weighted by Gasteiger charge is -2.38. The molecule has 0 spiro atoms. The summed E-state index contributed by atoms with van der Waals surface area (Å²) >= 11 is 0. The van der Waals surface area contributed by atoms with Crippen LogP contribution in [0.3, 0.4) is 0 Å². The Kier molecular flexibility index (Phi) is 5.28. The van der Waals surface area contributed by atoms with Crippen LogP contribution in [0, 0.1) is 18.3 Å². The smallest absolute Gasteiger partial charge is 0.267 e. The van der Waals surface area contributed by atoms with Crippen LogP contribution in [0.4, 0.5) is 5.69 Å². The second-order valence-electron chi connectivity index (χ2n) is 6.18. The van der Waals surface area contributed by atoms with Gasteiger partial charge in [0.25, 0.3) is 5.91 Å². The number of piperidine rings is 1. The molecular weight excluding hydrogens is 290 g/mol. The van der Waals surface area contributed by atoms with Crippen molar-refractivity contribution in [2.75, 3.05) is 5.32 Å². The molecule has 5 nitrogen and oxygen atoms in total. The topological polar surface area (TPSA) is 76.4 Å². The van der Waals surface area contributed by atoms with Crippen molar-refractivity contribution >= 4 is 11.6 Å². The van der Waals surface area contributed by atoms with Crippen LogP contribution in [-0.4, -0.2) is 28.0 Å². The molecule has 1 aromatic carbocycles. The summed E-state index contributed by atoms with van der Waals surface area (Å²) in [5.74, 6) is -0.279. The van der Waals surface area contributed by atoms with Crippen molar-refractivity contribution in [1.29, 1.82) is 5.26 Å². The molecule has 2 N–H and O–H groups in total. The number of carbonyl (C=O) groups is 1. The Balaban J connectivity index is 2.18. The zero-order valence-corrected chi connectivity index (χ0v) is 13.8. The van der Waals surface area contributed by atoms with Gasteiger partial charge in [-0.3, -0.25) is 4.79 Å². The number of aryl methyl sites for hydroxylation is 1. The van der Waals surface area contributed by atoms with Crippen LogP contribution < -0.4 is 5.32 Å². The quantitative estimate of drug-likeness (QED) is 0.510. The van der Waals surface area contributed by atoms with E-state index in [9.17, 15) is 15.2 Å². The number of nitrogens with one attached hydrogen (secondary N) is 1. The van der Waals surface area contributed by atoms with Crippen molar-refractivity contribution in [2.24, 2.45) is 0 Å². The Labute approximate surface area is 137 Å². The molecule has 2 rings (SSSR count). The molecule has 0 bridgehead atoms. The summed E-state index contributed by atoms with van der Waals surface area (Å²) in [5, 5.41) is 21.5. The zero-order valence-electron chi connectivity index (χ0n) is 13.8. The van der Waals surface area contributed by atoms with E-state index in [4.69, 9.17) is 0 Å². The minimum Gasteiger partial charge on any atom is -0.508 e. The first kappa shape index (κ1) is 16.9. The number of anilines is 1. The predicted molar refractivity (Wildman–Crippen MR) is 89.8 cm³/mol. The van der Waals surface area contributed by atoms with Gasteiger partial charge in [-0.05, 0) is 63.8 Å². The number of phenols is 1. The molecule has 1 aromatic rings. The predicted octanol–water partition coefficient (Wildman–Crippen LogP) is 3.31. The first-order valence-corrected chi connectivity index (χ1v) is 7.92. The van der Waals surface area contributed by atoms with Gasteiger partial charge in [-0.15, -0.1) is 0 Å². The largest absolute Gasteiger partial charge is 0.508 e. The number of nitrogens with zero attached hydrogens (tertiary/aromatic N) is 2. The van der Waals surface area contributed by atoms with Gasteiger partial charge >= 0.3 is 0 Å². The minimum absolute atomic E-state index is 0.0954. The maximum Gasteiger partial charge on any atom is 0.267 e. The number of nitriles is 1. The number of hydrogen-bond donors (Lipinski definition) is 2. The highest BCUT2D eigenvalue weighted by molar-refractivity contribution is 6.06. The van der Waals surface area contributed by atoms with Gasteiger partial charge in [0.2, 0.25) is 0 Å². The fourth-order valence-corrected chi connectivity index (χ4v) is 2.96. The molecule has 5 heteroatoms. The van der Waals surface area contributed by atoms with Crippen LogP contribution in [0.5, 0.6) is 5.75 Å². The highest BCUT2D eigenvalue weighted by Gasteiger charge is 2.23. The highest BCUT2D eigenvalue weighted by Crippen LogP contribution is 2.24. The van der Waals surface area contributed by atoms with E-state index in [2.05, 4.69) is 24.1 Å². The molecule has 0 radical (unpaired) electrons. The van der Waals surface area contributed by atoms with Gasteiger partial charge in [-0.1, -0.05) is 0 Å². The Hall–Kier alpha value is -2.48. The Morgan fingerprint density at radius 1 is 1.39 bits per heavy atom. The molecule has 0 aromatic heterocycles. The van der Waals surface area contributed by atoms with E-state index < -0.39 is 5.91 Å². The maximum atomic E-state index is 12.4. The van der Waals surface area contributed by atoms with Gasteiger partial charge < -0.3 is 15.3 Å². The van der Waals surface area contributed by atoms with Crippen LogP contribution in [-0.2, 0) is 4.79 Å². The minimum atomic E-state index is -0.425. The van der Waals surface area contributed by atoms with Gasteiger partial charge in [0.05, 0.1) is 0 Å². The highest BCUT2D eigenvalue weighted by atomic mass is 16.3. The number of rotatable bonds is 3. The molecule has 1 aliphatic rings. The van der Waals surface area contributed by atoms with Crippen molar-refractivity contribution in [1.82, 2.24) is 4.90 Å². The number of hydrogen-bond acceptors (Lipinski definition) is 4. The third kappa shape index (κ3) is 4.04. The summed E-state index contributed by atoms with van der Waals surface area (Å²) < 4.78 is 0. The van der Waals surface area contributed by atoms with Gasteiger partial charge in [-0.25, -0.2) is 0 Å². The average Bonchev–Trinajstić information content (AvgIpc) is 2.50. The molecule has 0 saturated carbocycles. The van der Waals surface area contributed by atoms with E-state index in [1.807, 2.05) is 6.07 Å². The van der Waals surface area contributed by atoms with Gasteiger partial charge in [0.15, 0.2) is 0 Å². The first-order valence-electron chi connectivity index (χ1n) is 7.92. The van der Waals surface area contributed by atoms with Crippen molar-refractivity contribution in [3.05, 3.63) is 35.5 Å². The third-order valence-electron chi connectivity index (χ3n) is 4.36. The summed E-state index contributed by atoms with van der Waals surface area (Å²) in [6, 6.07) is 7.35. The zero-order chi connectivity index (χ0) is 17.0. The number of benzene rings is 1. The molecule has 1 fully saturated rings. The van der Waals surface area contributed by atoms with E-state index in [-0.39, 0.29) is 11.3 Å². The molecule has 1 amide bonds. The lowest BCUT2D eigenvalue weighted by atomic mass is 9.98. The summed E-state index contributed by atoms with van der Waals surface area (Å²) in [6.07, 6.45) is 4.99. The van der Waals surface area contributed by atoms with E-state index in [1.165, 1.54) is 12.5 Å².